The van der Waals surface area contributed by atoms with Gasteiger partial charge in [0.2, 0.25) is 5.91 Å². The lowest BCUT2D eigenvalue weighted by molar-refractivity contribution is -0.140. The first-order valence-electron chi connectivity index (χ1n) is 10.7. The van der Waals surface area contributed by atoms with Gasteiger partial charge in [0, 0.05) is 16.9 Å². The standard InChI is InChI=1S/C22H15ClF5N5O3S/c23-14-16(19(24)25)32-33(17(14)8-3-4-8)7-12(34)31-15-13-9(10-2-1-5-36-10)6-11(22(26,27)28)30-21(13)37-18(15)20(29)35/h1-2,5-6,8,19H,3-4,7H2,(H2,29,35)(H,31,34). The molecule has 1 fully saturated rings. The molecule has 4 aromatic heterocycles. The smallest absolute Gasteiger partial charge is 0.433 e. The second-order valence-corrected chi connectivity index (χ2v) is 9.62. The molecular weight excluding hydrogens is 545 g/mol. The Balaban J connectivity index is 1.59. The number of anilines is 1. The van der Waals surface area contributed by atoms with Crippen molar-refractivity contribution in [2.75, 3.05) is 5.32 Å². The molecule has 0 unspecified atom stereocenters. The summed E-state index contributed by atoms with van der Waals surface area (Å²) < 4.78 is 73.7. The van der Waals surface area contributed by atoms with Gasteiger partial charge in [0.25, 0.3) is 12.3 Å². The molecule has 1 aliphatic rings. The molecule has 4 heterocycles. The Labute approximate surface area is 213 Å². The first-order valence-corrected chi connectivity index (χ1v) is 11.9. The van der Waals surface area contributed by atoms with Crippen LogP contribution in [0.3, 0.4) is 0 Å². The molecule has 0 aliphatic heterocycles. The molecule has 37 heavy (non-hydrogen) atoms. The van der Waals surface area contributed by atoms with Crippen molar-refractivity contribution < 1.29 is 36.0 Å². The molecule has 0 aromatic carbocycles. The minimum absolute atomic E-state index is 0.00397. The van der Waals surface area contributed by atoms with Crippen molar-refractivity contribution in [2.24, 2.45) is 5.73 Å². The van der Waals surface area contributed by atoms with E-state index in [2.05, 4.69) is 15.4 Å². The lowest BCUT2D eigenvalue weighted by atomic mass is 10.1. The Hall–Kier alpha value is -3.52. The third-order valence-corrected chi connectivity index (χ3v) is 7.13. The molecule has 0 bridgehead atoms. The van der Waals surface area contributed by atoms with E-state index < -0.39 is 42.3 Å². The number of aromatic nitrogens is 3. The average Bonchev–Trinajstić information content (AvgIpc) is 3.22. The fourth-order valence-electron chi connectivity index (χ4n) is 3.96. The zero-order chi connectivity index (χ0) is 26.6. The number of fused-ring (bicyclic) bond motifs is 1. The molecule has 5 rings (SSSR count). The van der Waals surface area contributed by atoms with Gasteiger partial charge in [0.1, 0.15) is 33.4 Å². The van der Waals surface area contributed by atoms with Gasteiger partial charge >= 0.3 is 6.18 Å². The summed E-state index contributed by atoms with van der Waals surface area (Å²) in [4.78, 5) is 28.4. The molecule has 15 heteroatoms. The van der Waals surface area contributed by atoms with Crippen molar-refractivity contribution in [3.05, 3.63) is 51.4 Å². The number of carbonyl (C=O) groups excluding carboxylic acids is 2. The molecule has 0 radical (unpaired) electrons. The van der Waals surface area contributed by atoms with E-state index in [1.54, 1.807) is 0 Å². The summed E-state index contributed by atoms with van der Waals surface area (Å²) in [5.74, 6) is -1.91. The van der Waals surface area contributed by atoms with Gasteiger partial charge in [-0.2, -0.15) is 18.3 Å². The van der Waals surface area contributed by atoms with Crippen molar-refractivity contribution in [2.45, 2.75) is 37.9 Å². The van der Waals surface area contributed by atoms with Crippen LogP contribution >= 0.6 is 22.9 Å². The highest BCUT2D eigenvalue weighted by Gasteiger charge is 2.36. The topological polar surface area (TPSA) is 116 Å². The Morgan fingerprint density at radius 3 is 2.62 bits per heavy atom. The van der Waals surface area contributed by atoms with Crippen molar-refractivity contribution in [3.8, 4) is 11.3 Å². The zero-order valence-corrected chi connectivity index (χ0v) is 20.0. The fraction of sp³-hybridized carbons (Fsp3) is 0.273. The van der Waals surface area contributed by atoms with Crippen LogP contribution in [0.25, 0.3) is 21.5 Å². The lowest BCUT2D eigenvalue weighted by Gasteiger charge is -2.12. The summed E-state index contributed by atoms with van der Waals surface area (Å²) in [6, 6.07) is 3.60. The number of hydrogen-bond donors (Lipinski definition) is 2. The molecule has 0 atom stereocenters. The minimum atomic E-state index is -4.81. The summed E-state index contributed by atoms with van der Waals surface area (Å²) >= 11 is 6.66. The zero-order valence-electron chi connectivity index (χ0n) is 18.4. The van der Waals surface area contributed by atoms with Gasteiger partial charge in [0.15, 0.2) is 0 Å². The minimum Gasteiger partial charge on any atom is -0.464 e. The maximum Gasteiger partial charge on any atom is 0.433 e. The van der Waals surface area contributed by atoms with Crippen molar-refractivity contribution in [1.82, 2.24) is 14.8 Å². The van der Waals surface area contributed by atoms with E-state index >= 15 is 0 Å². The van der Waals surface area contributed by atoms with E-state index in [4.69, 9.17) is 21.8 Å². The van der Waals surface area contributed by atoms with Crippen LogP contribution in [0.2, 0.25) is 5.02 Å². The lowest BCUT2D eigenvalue weighted by Crippen LogP contribution is -2.22. The summed E-state index contributed by atoms with van der Waals surface area (Å²) in [5, 5.41) is 6.06. The van der Waals surface area contributed by atoms with Crippen molar-refractivity contribution in [1.29, 1.82) is 0 Å². The highest BCUT2D eigenvalue weighted by Crippen LogP contribution is 2.46. The Morgan fingerprint density at radius 2 is 2.05 bits per heavy atom. The van der Waals surface area contributed by atoms with E-state index in [1.807, 2.05) is 0 Å². The average molecular weight is 560 g/mol. The fourth-order valence-corrected chi connectivity index (χ4v) is 5.34. The van der Waals surface area contributed by atoms with Crippen LogP contribution in [-0.2, 0) is 17.5 Å². The molecule has 1 aliphatic carbocycles. The predicted octanol–water partition coefficient (Wildman–Crippen LogP) is 5.98. The van der Waals surface area contributed by atoms with Gasteiger partial charge in [-0.1, -0.05) is 11.6 Å². The largest absolute Gasteiger partial charge is 0.464 e. The summed E-state index contributed by atoms with van der Waals surface area (Å²) in [7, 11) is 0. The normalized spacial score (nSPS) is 14.0. The number of hydrogen-bond acceptors (Lipinski definition) is 6. The predicted molar refractivity (Wildman–Crippen MR) is 124 cm³/mol. The van der Waals surface area contributed by atoms with Crippen molar-refractivity contribution >= 4 is 50.7 Å². The Kier molecular flexibility index (Phi) is 6.18. The molecule has 194 valence electrons. The third-order valence-electron chi connectivity index (χ3n) is 5.65. The van der Waals surface area contributed by atoms with E-state index in [0.717, 1.165) is 10.7 Å². The number of thiophene rings is 1. The van der Waals surface area contributed by atoms with Crippen LogP contribution < -0.4 is 11.1 Å². The van der Waals surface area contributed by atoms with Crippen LogP contribution in [0.4, 0.5) is 27.6 Å². The maximum atomic E-state index is 13.5. The highest BCUT2D eigenvalue weighted by molar-refractivity contribution is 7.21. The Morgan fingerprint density at radius 1 is 1.32 bits per heavy atom. The molecule has 0 saturated heterocycles. The summed E-state index contributed by atoms with van der Waals surface area (Å²) in [6.45, 7) is -0.544. The number of amides is 2. The second-order valence-electron chi connectivity index (χ2n) is 8.25. The number of nitrogens with two attached hydrogens (primary N) is 1. The highest BCUT2D eigenvalue weighted by atomic mass is 35.5. The molecule has 8 nitrogen and oxygen atoms in total. The number of primary amides is 1. The molecule has 1 saturated carbocycles. The summed E-state index contributed by atoms with van der Waals surface area (Å²) in [5.41, 5.74) is 3.61. The van der Waals surface area contributed by atoms with Crippen LogP contribution in [-0.4, -0.2) is 26.6 Å². The molecule has 0 spiro atoms. The first-order chi connectivity index (χ1) is 17.5. The van der Waals surface area contributed by atoms with Gasteiger partial charge in [-0.25, -0.2) is 13.8 Å². The van der Waals surface area contributed by atoms with E-state index in [-0.39, 0.29) is 43.0 Å². The van der Waals surface area contributed by atoms with E-state index in [9.17, 15) is 31.5 Å². The van der Waals surface area contributed by atoms with Gasteiger partial charge in [-0.15, -0.1) is 11.3 Å². The molecular formula is C22H15ClF5N5O3S. The van der Waals surface area contributed by atoms with Gasteiger partial charge in [0.05, 0.1) is 22.7 Å². The molecule has 4 aromatic rings. The molecule has 3 N–H and O–H groups in total. The van der Waals surface area contributed by atoms with Gasteiger partial charge < -0.3 is 15.5 Å². The Bertz CT molecular complexity index is 1530. The van der Waals surface area contributed by atoms with Crippen molar-refractivity contribution in [3.63, 3.8) is 0 Å². The first kappa shape index (κ1) is 25.1. The van der Waals surface area contributed by atoms with Crippen LogP contribution in [0.1, 0.15) is 51.9 Å². The number of rotatable bonds is 7. The maximum absolute atomic E-state index is 13.5. The monoisotopic (exact) mass is 559 g/mol. The third kappa shape index (κ3) is 4.66. The number of nitrogens with one attached hydrogen (secondary N) is 1. The SMILES string of the molecule is NC(=O)c1sc2nc(C(F)(F)F)cc(-c3ccco3)c2c1NC(=O)Cn1nc(C(F)F)c(Cl)c1C1CC1. The number of furan rings is 1. The number of pyridine rings is 1. The number of alkyl halides is 5. The van der Waals surface area contributed by atoms with Crippen LogP contribution in [0, 0.1) is 0 Å². The van der Waals surface area contributed by atoms with Gasteiger partial charge in [-0.05, 0) is 31.0 Å². The van der Waals surface area contributed by atoms with Crippen LogP contribution in [0.5, 0.6) is 0 Å². The van der Waals surface area contributed by atoms with E-state index in [0.29, 0.717) is 29.9 Å². The quantitative estimate of drug-likeness (QED) is 0.270. The van der Waals surface area contributed by atoms with Gasteiger partial charge in [-0.3, -0.25) is 14.3 Å². The number of carbonyl (C=O) groups is 2. The number of halogens is 6. The number of nitrogens with zero attached hydrogens (tertiary/aromatic N) is 3. The van der Waals surface area contributed by atoms with E-state index in [1.165, 1.54) is 18.4 Å². The second kappa shape index (κ2) is 9.10. The van der Waals surface area contributed by atoms with Crippen LogP contribution in [0.15, 0.2) is 28.9 Å². The summed E-state index contributed by atoms with van der Waals surface area (Å²) in [6.07, 6.45) is -5.14. The molecule has 2 amide bonds.